The van der Waals surface area contributed by atoms with E-state index < -0.39 is 0 Å². The molecule has 1 atom stereocenters. The molecule has 4 rings (SSSR count). The molecule has 0 aliphatic carbocycles. The summed E-state index contributed by atoms with van der Waals surface area (Å²) in [5.41, 5.74) is 10.5. The van der Waals surface area contributed by atoms with Crippen LogP contribution < -0.4 is 5.73 Å². The van der Waals surface area contributed by atoms with Gasteiger partial charge in [-0.25, -0.2) is 15.0 Å². The average molecular weight is 457 g/mol. The molecular formula is C20H21BrN6O2. The fraction of sp³-hybridized carbons (Fsp3) is 0.200. The molecule has 0 spiro atoms. The topological polar surface area (TPSA) is 123 Å². The minimum Gasteiger partial charge on any atom is -0.371 e. The molecular weight excluding hydrogens is 436 g/mol. The fourth-order valence-corrected chi connectivity index (χ4v) is 3.19. The second-order valence-electron chi connectivity index (χ2n) is 6.21. The van der Waals surface area contributed by atoms with Crippen LogP contribution in [0.4, 0.5) is 5.95 Å². The number of methoxy groups -OCH3 is 1. The Bertz CT molecular complexity index is 1080. The van der Waals surface area contributed by atoms with Gasteiger partial charge in [0, 0.05) is 53.2 Å². The van der Waals surface area contributed by atoms with E-state index in [1.54, 1.807) is 18.6 Å². The van der Waals surface area contributed by atoms with Gasteiger partial charge in [0.25, 0.3) is 0 Å². The predicted octanol–water partition coefficient (Wildman–Crippen LogP) is 3.49. The maximum absolute atomic E-state index is 7.65. The predicted molar refractivity (Wildman–Crippen MR) is 115 cm³/mol. The first-order valence-electron chi connectivity index (χ1n) is 8.80. The summed E-state index contributed by atoms with van der Waals surface area (Å²) in [6.45, 7) is 1.91. The van der Waals surface area contributed by atoms with Crippen molar-refractivity contribution >= 4 is 32.9 Å². The van der Waals surface area contributed by atoms with E-state index in [9.17, 15) is 0 Å². The van der Waals surface area contributed by atoms with E-state index in [4.69, 9.17) is 10.8 Å². The summed E-state index contributed by atoms with van der Waals surface area (Å²) in [5, 5.41) is 8.63. The Balaban J connectivity index is 0.000000552. The van der Waals surface area contributed by atoms with Crippen LogP contribution in [-0.2, 0) is 4.74 Å². The molecule has 8 nitrogen and oxygen atoms in total. The van der Waals surface area contributed by atoms with Gasteiger partial charge in [-0.05, 0) is 45.8 Å². The Morgan fingerprint density at radius 2 is 1.97 bits per heavy atom. The first-order valence-corrected chi connectivity index (χ1v) is 9.60. The number of ether oxygens (including phenoxy) is 1. The van der Waals surface area contributed by atoms with Crippen LogP contribution in [0.5, 0.6) is 0 Å². The van der Waals surface area contributed by atoms with E-state index in [1.807, 2.05) is 30.5 Å². The normalized spacial score (nSPS) is 11.7. The number of pyridine rings is 2. The van der Waals surface area contributed by atoms with Gasteiger partial charge in [-0.2, -0.15) is 0 Å². The van der Waals surface area contributed by atoms with Crippen LogP contribution in [0.15, 0.2) is 53.5 Å². The first kappa shape index (κ1) is 20.8. The number of rotatable bonds is 4. The van der Waals surface area contributed by atoms with Gasteiger partial charge in [0.2, 0.25) is 5.95 Å². The average Bonchev–Trinajstić information content (AvgIpc) is 3.16. The van der Waals surface area contributed by atoms with Crippen LogP contribution in [0.2, 0.25) is 0 Å². The van der Waals surface area contributed by atoms with Crippen LogP contribution >= 0.6 is 15.9 Å². The Labute approximate surface area is 176 Å². The van der Waals surface area contributed by atoms with Crippen molar-refractivity contribution < 1.29 is 9.84 Å². The monoisotopic (exact) mass is 456 g/mol. The number of nitrogens with one attached hydrogen (secondary N) is 1. The zero-order valence-corrected chi connectivity index (χ0v) is 17.6. The van der Waals surface area contributed by atoms with Gasteiger partial charge in [-0.3, -0.25) is 4.98 Å². The number of aliphatic hydroxyl groups excluding tert-OH is 1. The van der Waals surface area contributed by atoms with Crippen LogP contribution in [-0.4, -0.2) is 43.9 Å². The molecule has 0 bridgehead atoms. The van der Waals surface area contributed by atoms with Crippen molar-refractivity contribution in [1.29, 1.82) is 0 Å². The third kappa shape index (κ3) is 4.94. The van der Waals surface area contributed by atoms with Gasteiger partial charge in [0.05, 0.1) is 11.4 Å². The molecule has 4 N–H and O–H groups in total. The molecule has 0 radical (unpaired) electrons. The van der Waals surface area contributed by atoms with Gasteiger partial charge in [-0.15, -0.1) is 0 Å². The number of aromatic nitrogens is 5. The van der Waals surface area contributed by atoms with Gasteiger partial charge in [-0.1, -0.05) is 6.92 Å². The number of halogens is 1. The van der Waals surface area contributed by atoms with E-state index in [2.05, 4.69) is 52.5 Å². The number of nitrogens with two attached hydrogens (primary N) is 1. The third-order valence-corrected chi connectivity index (χ3v) is 4.75. The molecule has 0 aromatic carbocycles. The largest absolute Gasteiger partial charge is 0.371 e. The lowest BCUT2D eigenvalue weighted by molar-refractivity contribution is 0.0325. The van der Waals surface area contributed by atoms with Crippen molar-refractivity contribution in [3.05, 3.63) is 64.8 Å². The summed E-state index contributed by atoms with van der Waals surface area (Å²) in [7, 11) is 1.43. The number of anilines is 1. The lowest BCUT2D eigenvalue weighted by Gasteiger charge is -2.13. The lowest BCUT2D eigenvalue weighted by Crippen LogP contribution is -2.05. The highest BCUT2D eigenvalue weighted by Gasteiger charge is 2.15. The second-order valence-corrected chi connectivity index (χ2v) is 7.12. The number of aromatic amines is 1. The number of hydrogen-bond donors (Lipinski definition) is 3. The first-order chi connectivity index (χ1) is 14.0. The van der Waals surface area contributed by atoms with Gasteiger partial charge < -0.3 is 20.6 Å². The zero-order valence-electron chi connectivity index (χ0n) is 16.0. The number of hydrogen-bond acceptors (Lipinski definition) is 7. The van der Waals surface area contributed by atoms with Crippen LogP contribution in [0, 0.1) is 0 Å². The molecule has 4 heterocycles. The van der Waals surface area contributed by atoms with Crippen molar-refractivity contribution in [3.63, 3.8) is 0 Å². The molecule has 9 heteroatoms. The highest BCUT2D eigenvalue weighted by molar-refractivity contribution is 9.10. The number of H-pyrrole nitrogens is 1. The van der Waals surface area contributed by atoms with Gasteiger partial charge in [0.15, 0.2) is 0 Å². The molecule has 150 valence electrons. The standard InChI is InChI=1S/C18H15BrN6.C2H6O2/c1-10(11-2-4-21-5-3-11)15-7-16(25-18(20)24-15)14-9-23-17-13(14)6-12(19)8-22-17;1-4-2-3/h2-10H,1H3,(H,22,23)(H2,20,24,25);3H,2H2,1H3. The molecule has 0 fully saturated rings. The van der Waals surface area contributed by atoms with Crippen molar-refractivity contribution in [2.24, 2.45) is 0 Å². The third-order valence-electron chi connectivity index (χ3n) is 4.32. The number of nitrogen functional groups attached to an aromatic ring is 1. The molecule has 0 aliphatic rings. The Morgan fingerprint density at radius 1 is 1.24 bits per heavy atom. The Hall–Kier alpha value is -2.88. The Kier molecular flexibility index (Phi) is 6.86. The molecule has 29 heavy (non-hydrogen) atoms. The fourth-order valence-electron chi connectivity index (χ4n) is 2.86. The van der Waals surface area contributed by atoms with E-state index >= 15 is 0 Å². The summed E-state index contributed by atoms with van der Waals surface area (Å²) in [6.07, 6.45) is 7.21. The second kappa shape index (κ2) is 9.55. The maximum Gasteiger partial charge on any atom is 0.220 e. The SMILES string of the molecule is CC(c1ccncc1)c1cc(-c2c[nH]c3ncc(Br)cc23)nc(N)n1.COCO. The quantitative estimate of drug-likeness (QED) is 0.401. The molecule has 0 saturated carbocycles. The Morgan fingerprint density at radius 3 is 2.66 bits per heavy atom. The van der Waals surface area contributed by atoms with E-state index in [0.717, 1.165) is 38.0 Å². The number of nitrogens with zero attached hydrogens (tertiary/aromatic N) is 4. The van der Waals surface area contributed by atoms with Crippen molar-refractivity contribution in [2.75, 3.05) is 19.6 Å². The summed E-state index contributed by atoms with van der Waals surface area (Å²) in [5.74, 6) is 0.341. The summed E-state index contributed by atoms with van der Waals surface area (Å²) >= 11 is 3.47. The van der Waals surface area contributed by atoms with E-state index in [1.165, 1.54) is 7.11 Å². The van der Waals surface area contributed by atoms with Crippen LogP contribution in [0.3, 0.4) is 0 Å². The van der Waals surface area contributed by atoms with Crippen LogP contribution in [0.1, 0.15) is 24.1 Å². The smallest absolute Gasteiger partial charge is 0.220 e. The minimum absolute atomic E-state index is 0.0853. The lowest BCUT2D eigenvalue weighted by atomic mass is 9.97. The van der Waals surface area contributed by atoms with Gasteiger partial charge in [0.1, 0.15) is 12.4 Å². The number of aliphatic hydroxyl groups is 1. The van der Waals surface area contributed by atoms with Crippen molar-refractivity contribution in [2.45, 2.75) is 12.8 Å². The molecule has 1 unspecified atom stereocenters. The molecule has 4 aromatic heterocycles. The van der Waals surface area contributed by atoms with Gasteiger partial charge >= 0.3 is 0 Å². The maximum atomic E-state index is 7.65. The van der Waals surface area contributed by atoms with E-state index in [0.29, 0.717) is 0 Å². The minimum atomic E-state index is -0.181. The highest BCUT2D eigenvalue weighted by atomic mass is 79.9. The highest BCUT2D eigenvalue weighted by Crippen LogP contribution is 2.31. The summed E-state index contributed by atoms with van der Waals surface area (Å²) < 4.78 is 5.01. The molecule has 0 aliphatic heterocycles. The summed E-state index contributed by atoms with van der Waals surface area (Å²) in [4.78, 5) is 20.5. The van der Waals surface area contributed by atoms with E-state index in [-0.39, 0.29) is 18.7 Å². The zero-order chi connectivity index (χ0) is 20.8. The van der Waals surface area contributed by atoms with Crippen molar-refractivity contribution in [3.8, 4) is 11.3 Å². The molecule has 0 saturated heterocycles. The van der Waals surface area contributed by atoms with Crippen molar-refractivity contribution in [1.82, 2.24) is 24.9 Å². The molecule has 4 aromatic rings. The number of fused-ring (bicyclic) bond motifs is 1. The van der Waals surface area contributed by atoms with Crippen LogP contribution in [0.25, 0.3) is 22.3 Å². The summed E-state index contributed by atoms with van der Waals surface area (Å²) in [6, 6.07) is 7.95. The molecule has 0 amide bonds.